The van der Waals surface area contributed by atoms with Gasteiger partial charge in [0.15, 0.2) is 0 Å². The van der Waals surface area contributed by atoms with E-state index >= 15 is 0 Å². The number of carbonyl (C=O) groups is 2. The summed E-state index contributed by atoms with van der Waals surface area (Å²) in [6.45, 7) is 0.533. The van der Waals surface area contributed by atoms with Crippen LogP contribution in [0.25, 0.3) is 0 Å². The Bertz CT molecular complexity index is 545. The van der Waals surface area contributed by atoms with Gasteiger partial charge < -0.3 is 10.2 Å². The first kappa shape index (κ1) is 13.0. The van der Waals surface area contributed by atoms with Gasteiger partial charge in [-0.25, -0.2) is 4.98 Å². The maximum atomic E-state index is 13.1. The molecule has 1 atom stereocenters. The highest BCUT2D eigenvalue weighted by molar-refractivity contribution is 5.97. The lowest BCUT2D eigenvalue weighted by Gasteiger charge is -2.24. The third-order valence-corrected chi connectivity index (χ3v) is 3.71. The van der Waals surface area contributed by atoms with E-state index in [4.69, 9.17) is 0 Å². The lowest BCUT2D eigenvalue weighted by Crippen LogP contribution is -2.46. The number of likely N-dealkylation sites (tertiary alicyclic amines) is 1. The Hall–Kier alpha value is -1.98. The predicted molar refractivity (Wildman–Crippen MR) is 69.4 cm³/mol. The summed E-state index contributed by atoms with van der Waals surface area (Å²) in [7, 11) is 0. The van der Waals surface area contributed by atoms with Gasteiger partial charge in [0.2, 0.25) is 11.9 Å². The van der Waals surface area contributed by atoms with Gasteiger partial charge in [0.25, 0.3) is 5.91 Å². The van der Waals surface area contributed by atoms with Crippen molar-refractivity contribution in [2.45, 2.75) is 37.8 Å². The normalized spacial score (nSPS) is 21.9. The van der Waals surface area contributed by atoms with Crippen molar-refractivity contribution in [3.63, 3.8) is 0 Å². The van der Waals surface area contributed by atoms with Gasteiger partial charge in [-0.2, -0.15) is 4.39 Å². The average molecular weight is 277 g/mol. The molecule has 0 spiro atoms. The highest BCUT2D eigenvalue weighted by Crippen LogP contribution is 2.23. The molecule has 1 saturated carbocycles. The Morgan fingerprint density at radius 2 is 2.15 bits per heavy atom. The number of nitrogens with zero attached hydrogens (tertiary/aromatic N) is 2. The zero-order chi connectivity index (χ0) is 14.1. The van der Waals surface area contributed by atoms with Crippen LogP contribution >= 0.6 is 0 Å². The Labute approximate surface area is 116 Å². The molecule has 0 aromatic carbocycles. The van der Waals surface area contributed by atoms with Gasteiger partial charge >= 0.3 is 0 Å². The van der Waals surface area contributed by atoms with Crippen molar-refractivity contribution in [1.82, 2.24) is 15.2 Å². The average Bonchev–Trinajstić information content (AvgIpc) is 3.10. The molecular formula is C14H16FN3O2. The first-order valence-electron chi connectivity index (χ1n) is 6.88. The van der Waals surface area contributed by atoms with E-state index in [0.29, 0.717) is 13.0 Å². The predicted octanol–water partition coefficient (Wildman–Crippen LogP) is 1.10. The summed E-state index contributed by atoms with van der Waals surface area (Å²) >= 11 is 0. The first-order chi connectivity index (χ1) is 9.65. The maximum Gasteiger partial charge on any atom is 0.254 e. The molecule has 20 heavy (non-hydrogen) atoms. The largest absolute Gasteiger partial charge is 0.352 e. The maximum absolute atomic E-state index is 13.1. The van der Waals surface area contributed by atoms with Gasteiger partial charge in [-0.15, -0.1) is 0 Å². The number of nitrogens with one attached hydrogen (secondary N) is 1. The summed E-state index contributed by atoms with van der Waals surface area (Å²) in [6, 6.07) is 2.42. The topological polar surface area (TPSA) is 62.3 Å². The van der Waals surface area contributed by atoms with Crippen molar-refractivity contribution in [2.75, 3.05) is 6.54 Å². The molecular weight excluding hydrogens is 261 g/mol. The van der Waals surface area contributed by atoms with E-state index in [1.807, 2.05) is 0 Å². The molecule has 1 aliphatic heterocycles. The van der Waals surface area contributed by atoms with E-state index in [1.54, 1.807) is 0 Å². The summed E-state index contributed by atoms with van der Waals surface area (Å²) in [4.78, 5) is 29.5. The molecule has 1 aromatic rings. The van der Waals surface area contributed by atoms with Crippen molar-refractivity contribution in [3.8, 4) is 0 Å². The molecule has 2 aliphatic rings. The van der Waals surface area contributed by atoms with Crippen LogP contribution in [0.15, 0.2) is 18.3 Å². The third kappa shape index (κ3) is 2.64. The van der Waals surface area contributed by atoms with Gasteiger partial charge in [0.1, 0.15) is 6.04 Å². The Morgan fingerprint density at radius 3 is 2.85 bits per heavy atom. The number of amides is 2. The van der Waals surface area contributed by atoms with Crippen molar-refractivity contribution >= 4 is 11.8 Å². The van der Waals surface area contributed by atoms with Gasteiger partial charge in [-0.05, 0) is 31.7 Å². The number of hydrogen-bond acceptors (Lipinski definition) is 3. The Kier molecular flexibility index (Phi) is 3.38. The molecule has 2 fully saturated rings. The highest BCUT2D eigenvalue weighted by atomic mass is 19.1. The summed E-state index contributed by atoms with van der Waals surface area (Å²) in [6.07, 6.45) is 4.75. The van der Waals surface area contributed by atoms with Crippen molar-refractivity contribution in [3.05, 3.63) is 29.8 Å². The molecule has 5 nitrogen and oxygen atoms in total. The summed E-state index contributed by atoms with van der Waals surface area (Å²) in [5.74, 6) is -1.08. The van der Waals surface area contributed by atoms with Crippen LogP contribution in [-0.4, -0.2) is 40.3 Å². The molecule has 1 aromatic heterocycles. The minimum Gasteiger partial charge on any atom is -0.352 e. The molecule has 3 rings (SSSR count). The molecule has 6 heteroatoms. The minimum absolute atomic E-state index is 0.0899. The van der Waals surface area contributed by atoms with Crippen molar-refractivity contribution in [2.24, 2.45) is 0 Å². The van der Waals surface area contributed by atoms with Gasteiger partial charge in [-0.1, -0.05) is 0 Å². The zero-order valence-corrected chi connectivity index (χ0v) is 11.0. The summed E-state index contributed by atoms with van der Waals surface area (Å²) in [5.41, 5.74) is 0.239. The van der Waals surface area contributed by atoms with Gasteiger partial charge in [-0.3, -0.25) is 9.59 Å². The van der Waals surface area contributed by atoms with E-state index in [0.717, 1.165) is 25.3 Å². The number of aromatic nitrogens is 1. The molecule has 0 bridgehead atoms. The van der Waals surface area contributed by atoms with Gasteiger partial charge in [0, 0.05) is 30.4 Å². The quantitative estimate of drug-likeness (QED) is 0.842. The molecule has 1 aliphatic carbocycles. The smallest absolute Gasteiger partial charge is 0.254 e. The zero-order valence-electron chi connectivity index (χ0n) is 11.0. The second-order valence-electron chi connectivity index (χ2n) is 5.31. The Morgan fingerprint density at radius 1 is 1.35 bits per heavy atom. The summed E-state index contributed by atoms with van der Waals surface area (Å²) in [5, 5.41) is 2.92. The molecule has 0 radical (unpaired) electrons. The van der Waals surface area contributed by atoms with Crippen LogP contribution in [0.3, 0.4) is 0 Å². The third-order valence-electron chi connectivity index (χ3n) is 3.71. The number of hydrogen-bond donors (Lipinski definition) is 1. The lowest BCUT2D eigenvalue weighted by molar-refractivity contribution is -0.125. The monoisotopic (exact) mass is 277 g/mol. The molecule has 1 saturated heterocycles. The SMILES string of the molecule is O=C(NC1CC1)C1CCCN1C(=O)c1ccnc(F)c1. The van der Waals surface area contributed by atoms with Crippen molar-refractivity contribution < 1.29 is 14.0 Å². The van der Waals surface area contributed by atoms with E-state index < -0.39 is 12.0 Å². The van der Waals surface area contributed by atoms with Crippen LogP contribution < -0.4 is 5.32 Å². The second kappa shape index (κ2) is 5.19. The van der Waals surface area contributed by atoms with Crippen LogP contribution in [0.2, 0.25) is 0 Å². The van der Waals surface area contributed by atoms with Crippen LogP contribution in [0.4, 0.5) is 4.39 Å². The van der Waals surface area contributed by atoms with Crippen molar-refractivity contribution in [1.29, 1.82) is 0 Å². The standard InChI is InChI=1S/C14H16FN3O2/c15-12-8-9(5-6-16-12)14(20)18-7-1-2-11(18)13(19)17-10-3-4-10/h5-6,8,10-11H,1-4,7H2,(H,17,19). The fourth-order valence-corrected chi connectivity index (χ4v) is 2.51. The van der Waals surface area contributed by atoms with E-state index in [9.17, 15) is 14.0 Å². The minimum atomic E-state index is -0.686. The second-order valence-corrected chi connectivity index (χ2v) is 5.31. The number of carbonyl (C=O) groups excluding carboxylic acids is 2. The number of rotatable bonds is 3. The fourth-order valence-electron chi connectivity index (χ4n) is 2.51. The first-order valence-corrected chi connectivity index (χ1v) is 6.88. The van der Waals surface area contributed by atoms with Crippen LogP contribution in [0, 0.1) is 5.95 Å². The molecule has 1 N–H and O–H groups in total. The van der Waals surface area contributed by atoms with Gasteiger partial charge in [0.05, 0.1) is 0 Å². The fraction of sp³-hybridized carbons (Fsp3) is 0.500. The van der Waals surface area contributed by atoms with E-state index in [2.05, 4.69) is 10.3 Å². The van der Waals surface area contributed by atoms with Crippen LogP contribution in [0.1, 0.15) is 36.0 Å². The van der Waals surface area contributed by atoms with E-state index in [-0.39, 0.29) is 23.4 Å². The summed E-state index contributed by atoms with van der Waals surface area (Å²) < 4.78 is 13.1. The number of pyridine rings is 1. The Balaban J connectivity index is 1.73. The number of halogens is 1. The molecule has 2 amide bonds. The molecule has 2 heterocycles. The molecule has 106 valence electrons. The molecule has 1 unspecified atom stereocenters. The van der Waals surface area contributed by atoms with E-state index in [1.165, 1.54) is 17.2 Å². The lowest BCUT2D eigenvalue weighted by atomic mass is 10.1. The highest BCUT2D eigenvalue weighted by Gasteiger charge is 2.36. The van der Waals surface area contributed by atoms with Crippen LogP contribution in [0.5, 0.6) is 0 Å². The van der Waals surface area contributed by atoms with Crippen LogP contribution in [-0.2, 0) is 4.79 Å².